The molecule has 6 heteroatoms. The molecular weight excluding hydrogens is 683 g/mol. The largest absolute Gasteiger partial charge is 0.466 e. The third-order valence-electron chi connectivity index (χ3n) is 10.6. The van der Waals surface area contributed by atoms with Gasteiger partial charge in [0.15, 0.2) is 0 Å². The van der Waals surface area contributed by atoms with E-state index >= 15 is 0 Å². The number of rotatable bonds is 43. The summed E-state index contributed by atoms with van der Waals surface area (Å²) in [6.07, 6.45) is 52.8. The van der Waals surface area contributed by atoms with Gasteiger partial charge in [-0.05, 0) is 83.5 Å². The first-order chi connectivity index (χ1) is 27.0. The highest BCUT2D eigenvalue weighted by Crippen LogP contribution is 2.14. The number of ether oxygens (including phenoxy) is 1. The molecule has 2 atom stereocenters. The molecule has 0 fully saturated rings. The van der Waals surface area contributed by atoms with Crippen molar-refractivity contribution in [3.63, 3.8) is 0 Å². The molecule has 0 aromatic carbocycles. The fraction of sp³-hybridized carbons (Fsp3) is 0.837. The van der Waals surface area contributed by atoms with Crippen molar-refractivity contribution in [1.29, 1.82) is 0 Å². The van der Waals surface area contributed by atoms with E-state index < -0.39 is 12.1 Å². The molecule has 55 heavy (non-hydrogen) atoms. The van der Waals surface area contributed by atoms with Crippen molar-refractivity contribution in [2.24, 2.45) is 0 Å². The molecule has 0 heterocycles. The maximum atomic E-state index is 12.4. The minimum Gasteiger partial charge on any atom is -0.466 e. The van der Waals surface area contributed by atoms with Gasteiger partial charge in [-0.2, -0.15) is 0 Å². The SMILES string of the molecule is CCCCCCCCC/C=C\CCCCCCCC(=O)OCCCC/C=C\CCCCCCC(=O)NC(CO)C(O)/C=C/CCCCCCCCCCCC. The van der Waals surface area contributed by atoms with Crippen LogP contribution in [0, 0.1) is 0 Å². The summed E-state index contributed by atoms with van der Waals surface area (Å²) in [5.41, 5.74) is 0. The van der Waals surface area contributed by atoms with Crippen LogP contribution in [0.5, 0.6) is 0 Å². The van der Waals surface area contributed by atoms with Crippen LogP contribution in [0.15, 0.2) is 36.5 Å². The van der Waals surface area contributed by atoms with Gasteiger partial charge < -0.3 is 20.3 Å². The van der Waals surface area contributed by atoms with Gasteiger partial charge >= 0.3 is 5.97 Å². The summed E-state index contributed by atoms with van der Waals surface area (Å²) in [4.78, 5) is 24.4. The quantitative estimate of drug-likeness (QED) is 0.0326. The van der Waals surface area contributed by atoms with E-state index in [1.807, 2.05) is 6.08 Å². The van der Waals surface area contributed by atoms with Gasteiger partial charge in [0, 0.05) is 12.8 Å². The topological polar surface area (TPSA) is 95.9 Å². The van der Waals surface area contributed by atoms with Gasteiger partial charge in [-0.15, -0.1) is 0 Å². The average molecular weight is 774 g/mol. The number of unbranched alkanes of at least 4 members (excludes halogenated alkanes) is 28. The molecule has 322 valence electrons. The number of allylic oxidation sites excluding steroid dienone is 5. The Morgan fingerprint density at radius 1 is 0.491 bits per heavy atom. The van der Waals surface area contributed by atoms with Crippen molar-refractivity contribution >= 4 is 11.9 Å². The van der Waals surface area contributed by atoms with E-state index in [1.54, 1.807) is 6.08 Å². The molecule has 1 amide bonds. The third kappa shape index (κ3) is 41.5. The van der Waals surface area contributed by atoms with E-state index in [0.29, 0.717) is 19.4 Å². The molecule has 0 saturated heterocycles. The summed E-state index contributed by atoms with van der Waals surface area (Å²) in [5.74, 6) is -0.153. The van der Waals surface area contributed by atoms with Crippen LogP contribution >= 0.6 is 0 Å². The summed E-state index contributed by atoms with van der Waals surface area (Å²) in [7, 11) is 0. The Kier molecular flexibility index (Phi) is 43.2. The zero-order valence-electron chi connectivity index (χ0n) is 36.4. The van der Waals surface area contributed by atoms with Gasteiger partial charge in [0.25, 0.3) is 0 Å². The molecule has 0 aliphatic heterocycles. The van der Waals surface area contributed by atoms with E-state index in [4.69, 9.17) is 4.74 Å². The molecule has 0 aromatic heterocycles. The van der Waals surface area contributed by atoms with Gasteiger partial charge in [0.05, 0.1) is 25.4 Å². The Morgan fingerprint density at radius 2 is 0.855 bits per heavy atom. The summed E-state index contributed by atoms with van der Waals surface area (Å²) >= 11 is 0. The van der Waals surface area contributed by atoms with Gasteiger partial charge in [0.2, 0.25) is 5.91 Å². The normalized spacial score (nSPS) is 13.0. The predicted molar refractivity (Wildman–Crippen MR) is 236 cm³/mol. The molecular formula is C49H91NO5. The summed E-state index contributed by atoms with van der Waals surface area (Å²) in [5, 5.41) is 22.9. The Bertz CT molecular complexity index is 900. The average Bonchev–Trinajstić information content (AvgIpc) is 3.18. The maximum Gasteiger partial charge on any atom is 0.305 e. The Labute approximate surface area is 341 Å². The first-order valence-corrected chi connectivity index (χ1v) is 23.8. The number of esters is 1. The summed E-state index contributed by atoms with van der Waals surface area (Å²) in [6.45, 7) is 4.78. The lowest BCUT2D eigenvalue weighted by atomic mass is 10.1. The van der Waals surface area contributed by atoms with Crippen molar-refractivity contribution in [2.45, 2.75) is 251 Å². The minimum atomic E-state index is -0.865. The number of amides is 1. The third-order valence-corrected chi connectivity index (χ3v) is 10.6. The zero-order chi connectivity index (χ0) is 40.1. The van der Waals surface area contributed by atoms with Gasteiger partial charge in [-0.1, -0.05) is 179 Å². The molecule has 0 radical (unpaired) electrons. The standard InChI is InChI=1S/C49H91NO5/c1-3-5-7-9-11-13-15-17-18-19-20-22-27-31-35-39-43-49(54)55-44-40-36-32-28-24-23-26-30-34-38-42-48(53)50-46(45-51)47(52)41-37-33-29-25-21-16-14-12-10-8-6-4-2/h18-19,24,28,37,41,46-47,51-52H,3-17,20-23,25-27,29-36,38-40,42-45H2,1-2H3,(H,50,53)/b19-18-,28-24-,41-37+. The molecule has 0 bridgehead atoms. The molecule has 2 unspecified atom stereocenters. The van der Waals surface area contributed by atoms with Crippen molar-refractivity contribution in [1.82, 2.24) is 5.32 Å². The van der Waals surface area contributed by atoms with Crippen molar-refractivity contribution in [3.05, 3.63) is 36.5 Å². The predicted octanol–water partition coefficient (Wildman–Crippen LogP) is 13.7. The fourth-order valence-electron chi connectivity index (χ4n) is 6.91. The highest BCUT2D eigenvalue weighted by Gasteiger charge is 2.18. The first-order valence-electron chi connectivity index (χ1n) is 23.8. The number of nitrogens with one attached hydrogen (secondary N) is 1. The van der Waals surface area contributed by atoms with Crippen molar-refractivity contribution in [3.8, 4) is 0 Å². The lowest BCUT2D eigenvalue weighted by Crippen LogP contribution is -2.45. The van der Waals surface area contributed by atoms with E-state index in [9.17, 15) is 19.8 Å². The van der Waals surface area contributed by atoms with Gasteiger partial charge in [-0.3, -0.25) is 9.59 Å². The first kappa shape index (κ1) is 53.1. The molecule has 0 spiro atoms. The molecule has 0 rings (SSSR count). The number of carbonyl (C=O) groups is 2. The number of aliphatic hydroxyl groups is 2. The highest BCUT2D eigenvalue weighted by atomic mass is 16.5. The monoisotopic (exact) mass is 774 g/mol. The van der Waals surface area contributed by atoms with Crippen LogP contribution in [0.1, 0.15) is 239 Å². The van der Waals surface area contributed by atoms with Crippen LogP contribution in [0.2, 0.25) is 0 Å². The second-order valence-corrected chi connectivity index (χ2v) is 16.1. The minimum absolute atomic E-state index is 0.0469. The van der Waals surface area contributed by atoms with Gasteiger partial charge in [-0.25, -0.2) is 0 Å². The van der Waals surface area contributed by atoms with E-state index in [1.165, 1.54) is 135 Å². The van der Waals surface area contributed by atoms with E-state index in [-0.39, 0.29) is 18.5 Å². The highest BCUT2D eigenvalue weighted by molar-refractivity contribution is 5.76. The fourth-order valence-corrected chi connectivity index (χ4v) is 6.91. The lowest BCUT2D eigenvalue weighted by molar-refractivity contribution is -0.143. The van der Waals surface area contributed by atoms with E-state index in [0.717, 1.165) is 77.0 Å². The zero-order valence-corrected chi connectivity index (χ0v) is 36.4. The molecule has 0 saturated carbocycles. The van der Waals surface area contributed by atoms with Crippen LogP contribution in [0.4, 0.5) is 0 Å². The van der Waals surface area contributed by atoms with Crippen molar-refractivity contribution < 1.29 is 24.5 Å². The Balaban J connectivity index is 3.57. The van der Waals surface area contributed by atoms with Crippen LogP contribution in [0.25, 0.3) is 0 Å². The van der Waals surface area contributed by atoms with Crippen LogP contribution < -0.4 is 5.32 Å². The maximum absolute atomic E-state index is 12.4. The number of aliphatic hydroxyl groups excluding tert-OH is 2. The Hall–Kier alpha value is -1.92. The molecule has 6 nitrogen and oxygen atoms in total. The molecule has 0 aromatic rings. The molecule has 3 N–H and O–H groups in total. The molecule has 0 aliphatic rings. The second-order valence-electron chi connectivity index (χ2n) is 16.1. The summed E-state index contributed by atoms with van der Waals surface area (Å²) in [6, 6.07) is -0.652. The van der Waals surface area contributed by atoms with Crippen LogP contribution in [-0.2, 0) is 14.3 Å². The number of carbonyl (C=O) groups excluding carboxylic acids is 2. The molecule has 0 aliphatic carbocycles. The summed E-state index contributed by atoms with van der Waals surface area (Å²) < 4.78 is 5.42. The van der Waals surface area contributed by atoms with Gasteiger partial charge in [0.1, 0.15) is 0 Å². The van der Waals surface area contributed by atoms with Crippen LogP contribution in [0.3, 0.4) is 0 Å². The van der Waals surface area contributed by atoms with Crippen molar-refractivity contribution in [2.75, 3.05) is 13.2 Å². The van der Waals surface area contributed by atoms with E-state index in [2.05, 4.69) is 43.5 Å². The van der Waals surface area contributed by atoms with Crippen LogP contribution in [-0.4, -0.2) is 47.4 Å². The second kappa shape index (κ2) is 44.8. The number of hydrogen-bond donors (Lipinski definition) is 3. The lowest BCUT2D eigenvalue weighted by Gasteiger charge is -2.20. The Morgan fingerprint density at radius 3 is 1.29 bits per heavy atom. The number of hydrogen-bond acceptors (Lipinski definition) is 5. The smallest absolute Gasteiger partial charge is 0.305 e.